The van der Waals surface area contributed by atoms with Crippen molar-refractivity contribution in [2.24, 2.45) is 5.92 Å². The highest BCUT2D eigenvalue weighted by atomic mass is 35.5. The number of hydrogen-bond donors (Lipinski definition) is 0. The van der Waals surface area contributed by atoms with Crippen LogP contribution in [0.15, 0.2) is 72.9 Å². The molecular formula is C28H32ClN3. The predicted molar refractivity (Wildman–Crippen MR) is 137 cm³/mol. The molecule has 0 unspecified atom stereocenters. The van der Waals surface area contributed by atoms with Crippen LogP contribution in [-0.4, -0.2) is 22.6 Å². The van der Waals surface area contributed by atoms with Gasteiger partial charge in [-0.05, 0) is 61.8 Å². The molecule has 1 aliphatic heterocycles. The second kappa shape index (κ2) is 9.79. The quantitative estimate of drug-likeness (QED) is 0.346. The van der Waals surface area contributed by atoms with Crippen LogP contribution in [0.5, 0.6) is 0 Å². The Balaban J connectivity index is 0.00000245. The molecule has 32 heavy (non-hydrogen) atoms. The number of hydrogen-bond acceptors (Lipinski definition) is 2. The minimum Gasteiger partial charge on any atom is -0.355 e. The third-order valence-electron chi connectivity index (χ3n) is 6.99. The Labute approximate surface area is 197 Å². The maximum Gasteiger partial charge on any atom is 0.153 e. The van der Waals surface area contributed by atoms with Gasteiger partial charge in [0.2, 0.25) is 0 Å². The summed E-state index contributed by atoms with van der Waals surface area (Å²) in [4.78, 5) is 7.42. The van der Waals surface area contributed by atoms with Crippen molar-refractivity contribution in [1.82, 2.24) is 9.55 Å². The standard InChI is InChI=1S/C28H31N3.ClH/c1-21-22(2)31(20-25-11-7-4-8-12-25)27-26(21)13-16-29-28(27)30-17-14-24(15-18-30)19-23-9-5-3-6-10-23;/h3-13,16,24H,14-15,17-20H2,1-2H3;1H. The van der Waals surface area contributed by atoms with Crippen LogP contribution in [0, 0.1) is 19.8 Å². The third kappa shape index (κ3) is 4.40. The Morgan fingerprint density at radius 2 is 1.47 bits per heavy atom. The van der Waals surface area contributed by atoms with Crippen LogP contribution in [0.2, 0.25) is 0 Å². The Hall–Kier alpha value is -2.78. The monoisotopic (exact) mass is 445 g/mol. The van der Waals surface area contributed by atoms with Crippen LogP contribution < -0.4 is 4.90 Å². The van der Waals surface area contributed by atoms with E-state index in [4.69, 9.17) is 4.98 Å². The SMILES string of the molecule is Cc1c(C)n(Cc2ccccc2)c2c(N3CCC(Cc4ccccc4)CC3)nccc12.Cl. The highest BCUT2D eigenvalue weighted by Crippen LogP contribution is 2.34. The molecule has 1 aliphatic rings. The highest BCUT2D eigenvalue weighted by Gasteiger charge is 2.24. The number of piperidine rings is 1. The molecule has 0 bridgehead atoms. The fourth-order valence-electron chi connectivity index (χ4n) is 5.07. The fraction of sp³-hybridized carbons (Fsp3) is 0.321. The zero-order chi connectivity index (χ0) is 21.2. The highest BCUT2D eigenvalue weighted by molar-refractivity contribution is 5.93. The van der Waals surface area contributed by atoms with E-state index in [0.717, 1.165) is 31.4 Å². The van der Waals surface area contributed by atoms with Crippen molar-refractivity contribution in [2.75, 3.05) is 18.0 Å². The number of benzene rings is 2. The molecule has 166 valence electrons. The first kappa shape index (κ1) is 22.4. The van der Waals surface area contributed by atoms with E-state index in [-0.39, 0.29) is 12.4 Å². The van der Waals surface area contributed by atoms with Crippen LogP contribution in [0.3, 0.4) is 0 Å². The van der Waals surface area contributed by atoms with Crippen molar-refractivity contribution in [3.63, 3.8) is 0 Å². The van der Waals surface area contributed by atoms with E-state index in [1.165, 1.54) is 52.5 Å². The van der Waals surface area contributed by atoms with Gasteiger partial charge in [0.25, 0.3) is 0 Å². The molecule has 1 fully saturated rings. The lowest BCUT2D eigenvalue weighted by atomic mass is 9.90. The summed E-state index contributed by atoms with van der Waals surface area (Å²) < 4.78 is 2.47. The number of fused-ring (bicyclic) bond motifs is 1. The Kier molecular flexibility index (Phi) is 6.86. The summed E-state index contributed by atoms with van der Waals surface area (Å²) in [5, 5.41) is 1.34. The van der Waals surface area contributed by atoms with E-state index in [0.29, 0.717) is 0 Å². The van der Waals surface area contributed by atoms with E-state index in [1.807, 2.05) is 6.20 Å². The van der Waals surface area contributed by atoms with Gasteiger partial charge in [0.05, 0.1) is 5.52 Å². The van der Waals surface area contributed by atoms with Gasteiger partial charge in [-0.25, -0.2) is 4.98 Å². The molecule has 0 N–H and O–H groups in total. The lowest BCUT2D eigenvalue weighted by Gasteiger charge is -2.33. The molecule has 0 spiro atoms. The maximum atomic E-state index is 4.90. The van der Waals surface area contributed by atoms with Crippen molar-refractivity contribution in [3.8, 4) is 0 Å². The van der Waals surface area contributed by atoms with Crippen LogP contribution in [0.25, 0.3) is 10.9 Å². The van der Waals surface area contributed by atoms with E-state index >= 15 is 0 Å². The van der Waals surface area contributed by atoms with E-state index in [1.54, 1.807) is 0 Å². The summed E-state index contributed by atoms with van der Waals surface area (Å²) in [7, 11) is 0. The number of pyridine rings is 1. The normalized spacial score (nSPS) is 14.5. The largest absolute Gasteiger partial charge is 0.355 e. The second-order valence-electron chi connectivity index (χ2n) is 8.93. The third-order valence-corrected chi connectivity index (χ3v) is 6.99. The molecule has 1 saturated heterocycles. The van der Waals surface area contributed by atoms with Gasteiger partial charge in [0.1, 0.15) is 0 Å². The molecule has 0 aliphatic carbocycles. The summed E-state index contributed by atoms with van der Waals surface area (Å²) in [6.07, 6.45) is 5.64. The summed E-state index contributed by atoms with van der Waals surface area (Å²) in [5.74, 6) is 1.92. The van der Waals surface area contributed by atoms with E-state index in [2.05, 4.69) is 90.0 Å². The van der Waals surface area contributed by atoms with Gasteiger partial charge >= 0.3 is 0 Å². The van der Waals surface area contributed by atoms with Crippen molar-refractivity contribution < 1.29 is 0 Å². The molecule has 2 aromatic carbocycles. The smallest absolute Gasteiger partial charge is 0.153 e. The lowest BCUT2D eigenvalue weighted by molar-refractivity contribution is 0.402. The van der Waals surface area contributed by atoms with E-state index < -0.39 is 0 Å². The van der Waals surface area contributed by atoms with Crippen molar-refractivity contribution in [2.45, 2.75) is 39.7 Å². The summed E-state index contributed by atoms with van der Waals surface area (Å²) in [5.41, 5.74) is 6.80. The molecule has 0 saturated carbocycles. The van der Waals surface area contributed by atoms with Crippen LogP contribution in [0.4, 0.5) is 5.82 Å². The van der Waals surface area contributed by atoms with Crippen LogP contribution in [-0.2, 0) is 13.0 Å². The van der Waals surface area contributed by atoms with Gasteiger partial charge in [0, 0.05) is 36.9 Å². The molecular weight excluding hydrogens is 414 g/mol. The number of rotatable bonds is 5. The average Bonchev–Trinajstić information content (AvgIpc) is 3.06. The molecule has 4 heteroatoms. The minimum absolute atomic E-state index is 0. The molecule has 3 heterocycles. The number of aromatic nitrogens is 2. The minimum atomic E-state index is 0. The first-order valence-electron chi connectivity index (χ1n) is 11.5. The fourth-order valence-corrected chi connectivity index (χ4v) is 5.07. The van der Waals surface area contributed by atoms with Gasteiger partial charge < -0.3 is 9.47 Å². The summed E-state index contributed by atoms with van der Waals surface area (Å²) >= 11 is 0. The molecule has 0 amide bonds. The second-order valence-corrected chi connectivity index (χ2v) is 8.93. The van der Waals surface area contributed by atoms with Gasteiger partial charge in [-0.3, -0.25) is 0 Å². The predicted octanol–water partition coefficient (Wildman–Crippen LogP) is 6.58. The molecule has 0 radical (unpaired) electrons. The van der Waals surface area contributed by atoms with Gasteiger partial charge in [0.15, 0.2) is 5.82 Å². The Morgan fingerprint density at radius 3 is 2.12 bits per heavy atom. The average molecular weight is 446 g/mol. The number of halogens is 1. The summed E-state index contributed by atoms with van der Waals surface area (Å²) in [6.45, 7) is 7.54. The molecule has 4 aromatic rings. The van der Waals surface area contributed by atoms with Crippen LogP contribution >= 0.6 is 12.4 Å². The molecule has 0 atom stereocenters. The first-order chi connectivity index (χ1) is 15.2. The Bertz CT molecular complexity index is 1160. The number of nitrogens with zero attached hydrogens (tertiary/aromatic N) is 3. The zero-order valence-corrected chi connectivity index (χ0v) is 19.8. The van der Waals surface area contributed by atoms with Crippen molar-refractivity contribution in [1.29, 1.82) is 0 Å². The summed E-state index contributed by atoms with van der Waals surface area (Å²) in [6, 6.07) is 23.9. The lowest BCUT2D eigenvalue weighted by Crippen LogP contribution is -2.35. The number of aryl methyl sites for hydroxylation is 1. The van der Waals surface area contributed by atoms with Gasteiger partial charge in [-0.1, -0.05) is 60.7 Å². The topological polar surface area (TPSA) is 21.1 Å². The van der Waals surface area contributed by atoms with Gasteiger partial charge in [-0.2, -0.15) is 0 Å². The molecule has 3 nitrogen and oxygen atoms in total. The number of anilines is 1. The van der Waals surface area contributed by atoms with Gasteiger partial charge in [-0.15, -0.1) is 12.4 Å². The first-order valence-corrected chi connectivity index (χ1v) is 11.5. The van der Waals surface area contributed by atoms with Crippen molar-refractivity contribution in [3.05, 3.63) is 95.3 Å². The van der Waals surface area contributed by atoms with E-state index in [9.17, 15) is 0 Å². The Morgan fingerprint density at radius 1 is 0.844 bits per heavy atom. The van der Waals surface area contributed by atoms with Crippen molar-refractivity contribution >= 4 is 29.1 Å². The molecule has 5 rings (SSSR count). The zero-order valence-electron chi connectivity index (χ0n) is 19.0. The molecule has 2 aromatic heterocycles. The maximum absolute atomic E-state index is 4.90. The van der Waals surface area contributed by atoms with Crippen LogP contribution in [0.1, 0.15) is 35.2 Å².